The van der Waals surface area contributed by atoms with Crippen molar-refractivity contribution in [3.05, 3.63) is 41.6 Å². The van der Waals surface area contributed by atoms with Crippen molar-refractivity contribution in [2.24, 2.45) is 11.8 Å². The molecule has 0 radical (unpaired) electrons. The van der Waals surface area contributed by atoms with Crippen molar-refractivity contribution < 1.29 is 4.79 Å². The van der Waals surface area contributed by atoms with Crippen molar-refractivity contribution in [3.63, 3.8) is 0 Å². The number of hydrogen-bond acceptors (Lipinski definition) is 2. The normalized spacial score (nSPS) is 34.9. The van der Waals surface area contributed by atoms with Crippen LogP contribution in [0.2, 0.25) is 0 Å². The van der Waals surface area contributed by atoms with Crippen LogP contribution in [0.3, 0.4) is 0 Å². The van der Waals surface area contributed by atoms with E-state index in [1.807, 2.05) is 18.2 Å². The third-order valence-corrected chi connectivity index (χ3v) is 5.13. The molecule has 3 saturated heterocycles. The lowest BCUT2D eigenvalue weighted by Crippen LogP contribution is -2.55. The van der Waals surface area contributed by atoms with Crippen LogP contribution in [-0.4, -0.2) is 23.3 Å². The summed E-state index contributed by atoms with van der Waals surface area (Å²) in [5.41, 5.74) is 2.12. The summed E-state index contributed by atoms with van der Waals surface area (Å²) in [7, 11) is 0. The average Bonchev–Trinajstić information content (AvgIpc) is 2.94. The van der Waals surface area contributed by atoms with Crippen LogP contribution in [-0.2, 0) is 4.79 Å². The van der Waals surface area contributed by atoms with Crippen LogP contribution < -0.4 is 0 Å². The van der Waals surface area contributed by atoms with Gasteiger partial charge in [0, 0.05) is 18.5 Å². The van der Waals surface area contributed by atoms with Crippen molar-refractivity contribution >= 4 is 11.9 Å². The molecule has 3 aliphatic heterocycles. The second-order valence-corrected chi connectivity index (χ2v) is 6.06. The first-order chi connectivity index (χ1) is 9.34. The Morgan fingerprint density at radius 1 is 1.11 bits per heavy atom. The molecule has 19 heavy (non-hydrogen) atoms. The van der Waals surface area contributed by atoms with Crippen molar-refractivity contribution in [2.45, 2.75) is 31.7 Å². The first kappa shape index (κ1) is 11.3. The Balaban J connectivity index is 1.73. The molecule has 1 saturated carbocycles. The first-order valence-electron chi connectivity index (χ1n) is 7.42. The van der Waals surface area contributed by atoms with Gasteiger partial charge in [-0.1, -0.05) is 36.8 Å². The molecule has 0 spiro atoms. The highest BCUT2D eigenvalue weighted by molar-refractivity contribution is 6.02. The molecule has 0 N–H and O–H groups in total. The largest absolute Gasteiger partial charge is 0.365 e. The van der Waals surface area contributed by atoms with Crippen LogP contribution in [0.1, 0.15) is 31.2 Å². The van der Waals surface area contributed by atoms with Crippen LogP contribution in [0.5, 0.6) is 0 Å². The lowest BCUT2D eigenvalue weighted by Gasteiger charge is -2.50. The Morgan fingerprint density at radius 3 is 2.79 bits per heavy atom. The summed E-state index contributed by atoms with van der Waals surface area (Å²) in [5, 5.41) is 0. The third kappa shape index (κ3) is 1.66. The summed E-state index contributed by atoms with van der Waals surface area (Å²) in [5.74, 6) is 1.36. The number of carbonyl (C=O) groups is 1. The minimum Gasteiger partial charge on any atom is -0.365 e. The summed E-state index contributed by atoms with van der Waals surface area (Å²) in [4.78, 5) is 15.0. The molecule has 4 aliphatic rings. The van der Waals surface area contributed by atoms with E-state index in [9.17, 15) is 4.79 Å². The topological polar surface area (TPSA) is 20.3 Å². The quantitative estimate of drug-likeness (QED) is 0.717. The molecule has 3 unspecified atom stereocenters. The number of benzene rings is 1. The molecule has 1 aromatic rings. The highest BCUT2D eigenvalue weighted by Crippen LogP contribution is 2.47. The predicted octanol–water partition coefficient (Wildman–Crippen LogP) is 3.10. The Bertz CT molecular complexity index is 533. The molecule has 4 fully saturated rings. The number of hydrogen-bond donors (Lipinski definition) is 0. The van der Waals surface area contributed by atoms with E-state index in [4.69, 9.17) is 0 Å². The van der Waals surface area contributed by atoms with Crippen LogP contribution in [0.15, 0.2) is 36.0 Å². The molecule has 1 aliphatic carbocycles. The zero-order valence-corrected chi connectivity index (χ0v) is 11.1. The number of allylic oxidation sites excluding steroid dienone is 1. The van der Waals surface area contributed by atoms with Gasteiger partial charge < -0.3 is 4.90 Å². The molecular weight excluding hydrogens is 234 g/mol. The number of ketones is 1. The molecule has 2 nitrogen and oxygen atoms in total. The second kappa shape index (κ2) is 4.22. The van der Waals surface area contributed by atoms with E-state index >= 15 is 0 Å². The SMILES string of the molecule is O=C1C(=Cc2ccccc2)N2CCC1C1CCCC12. The van der Waals surface area contributed by atoms with Gasteiger partial charge in [-0.15, -0.1) is 0 Å². The van der Waals surface area contributed by atoms with Crippen LogP contribution in [0, 0.1) is 11.8 Å². The molecule has 2 heteroatoms. The van der Waals surface area contributed by atoms with Gasteiger partial charge in [-0.05, 0) is 36.8 Å². The van der Waals surface area contributed by atoms with Gasteiger partial charge in [0.25, 0.3) is 0 Å². The molecular formula is C17H19NO. The number of carbonyl (C=O) groups excluding carboxylic acids is 1. The standard InChI is InChI=1S/C17H19NO/c19-17-14-9-10-18(15-8-4-7-13(14)15)16(17)11-12-5-2-1-3-6-12/h1-3,5-6,11,13-15H,4,7-10H2. The maximum Gasteiger partial charge on any atom is 0.182 e. The molecule has 3 heterocycles. The number of rotatable bonds is 1. The van der Waals surface area contributed by atoms with Crippen molar-refractivity contribution in [2.75, 3.05) is 6.54 Å². The van der Waals surface area contributed by atoms with Crippen molar-refractivity contribution in [3.8, 4) is 0 Å². The zero-order valence-electron chi connectivity index (χ0n) is 11.1. The van der Waals surface area contributed by atoms with Gasteiger partial charge in [0.15, 0.2) is 5.78 Å². The van der Waals surface area contributed by atoms with E-state index < -0.39 is 0 Å². The van der Waals surface area contributed by atoms with Crippen LogP contribution >= 0.6 is 0 Å². The molecule has 3 atom stereocenters. The fraction of sp³-hybridized carbons (Fsp3) is 0.471. The Morgan fingerprint density at radius 2 is 1.95 bits per heavy atom. The van der Waals surface area contributed by atoms with Gasteiger partial charge in [-0.3, -0.25) is 4.79 Å². The summed E-state index contributed by atoms with van der Waals surface area (Å²) in [6, 6.07) is 10.9. The molecule has 1 aromatic carbocycles. The Labute approximate surface area is 114 Å². The van der Waals surface area contributed by atoms with Crippen LogP contribution in [0.25, 0.3) is 6.08 Å². The van der Waals surface area contributed by atoms with Gasteiger partial charge in [-0.25, -0.2) is 0 Å². The zero-order chi connectivity index (χ0) is 12.8. The highest BCUT2D eigenvalue weighted by atomic mass is 16.1. The van der Waals surface area contributed by atoms with Gasteiger partial charge in [0.1, 0.15) is 0 Å². The van der Waals surface area contributed by atoms with E-state index in [1.54, 1.807) is 0 Å². The molecule has 0 amide bonds. The fourth-order valence-corrected chi connectivity index (χ4v) is 4.30. The van der Waals surface area contributed by atoms with Crippen LogP contribution in [0.4, 0.5) is 0 Å². The molecule has 0 aromatic heterocycles. The lowest BCUT2D eigenvalue weighted by atomic mass is 9.73. The summed E-state index contributed by atoms with van der Waals surface area (Å²) >= 11 is 0. The predicted molar refractivity (Wildman–Crippen MR) is 75.4 cm³/mol. The lowest BCUT2D eigenvalue weighted by molar-refractivity contribution is -0.131. The van der Waals surface area contributed by atoms with E-state index in [2.05, 4.69) is 23.1 Å². The van der Waals surface area contributed by atoms with E-state index in [0.717, 1.165) is 24.2 Å². The highest BCUT2D eigenvalue weighted by Gasteiger charge is 2.50. The van der Waals surface area contributed by atoms with Gasteiger partial charge in [0.05, 0.1) is 5.70 Å². The Hall–Kier alpha value is -1.57. The third-order valence-electron chi connectivity index (χ3n) is 5.13. The fourth-order valence-electron chi connectivity index (χ4n) is 4.30. The molecule has 5 rings (SSSR count). The monoisotopic (exact) mass is 253 g/mol. The number of fused-ring (bicyclic) bond motifs is 2. The number of Topliss-reactive ketones (excluding diaryl/α,β-unsaturated/α-hetero) is 1. The first-order valence-corrected chi connectivity index (χ1v) is 7.42. The van der Waals surface area contributed by atoms with E-state index in [-0.39, 0.29) is 0 Å². The molecule has 2 bridgehead atoms. The Kier molecular flexibility index (Phi) is 2.51. The smallest absolute Gasteiger partial charge is 0.182 e. The van der Waals surface area contributed by atoms with Crippen molar-refractivity contribution in [1.29, 1.82) is 0 Å². The van der Waals surface area contributed by atoms with Crippen molar-refractivity contribution in [1.82, 2.24) is 4.90 Å². The summed E-state index contributed by atoms with van der Waals surface area (Å²) in [6.45, 7) is 1.08. The van der Waals surface area contributed by atoms with E-state index in [0.29, 0.717) is 23.7 Å². The maximum absolute atomic E-state index is 12.6. The van der Waals surface area contributed by atoms with Gasteiger partial charge in [0.2, 0.25) is 0 Å². The molecule has 98 valence electrons. The minimum atomic E-state index is 0.312. The maximum atomic E-state index is 12.6. The van der Waals surface area contributed by atoms with Gasteiger partial charge in [-0.2, -0.15) is 0 Å². The summed E-state index contributed by atoms with van der Waals surface area (Å²) < 4.78 is 0. The van der Waals surface area contributed by atoms with Gasteiger partial charge >= 0.3 is 0 Å². The number of nitrogens with zero attached hydrogens (tertiary/aromatic N) is 1. The van der Waals surface area contributed by atoms with E-state index in [1.165, 1.54) is 19.3 Å². The minimum absolute atomic E-state index is 0.312. The number of piperidine rings is 3. The average molecular weight is 253 g/mol. The second-order valence-electron chi connectivity index (χ2n) is 6.06. The summed E-state index contributed by atoms with van der Waals surface area (Å²) in [6.07, 6.45) is 7.01.